The quantitative estimate of drug-likeness (QED) is 0.146. The van der Waals surface area contributed by atoms with Crippen LogP contribution in [0.25, 0.3) is 11.2 Å². The second-order valence-electron chi connectivity index (χ2n) is 4.62. The Hall–Kier alpha value is -0.580. The maximum absolute atomic E-state index is 10.2. The molecule has 1 fully saturated rings. The number of nitrogens with two attached hydrogens (primary N) is 1. The van der Waals surface area contributed by atoms with Crippen LogP contribution in [-0.4, -0.2) is 54.7 Å². The molecule has 0 amide bonds. The summed E-state index contributed by atoms with van der Waals surface area (Å²) in [5.74, 6) is 0.188. The summed E-state index contributed by atoms with van der Waals surface area (Å²) in [4.78, 5) is 11.9. The van der Waals surface area contributed by atoms with Crippen LogP contribution in [-0.2, 0) is 18.3 Å². The maximum atomic E-state index is 10.2. The predicted octanol–water partition coefficient (Wildman–Crippen LogP) is -5.16. The van der Waals surface area contributed by atoms with Crippen molar-refractivity contribution < 1.29 is 63.3 Å². The number of aliphatic hydroxyl groups is 2. The fourth-order valence-electron chi connectivity index (χ4n) is 2.28. The van der Waals surface area contributed by atoms with E-state index in [4.69, 9.17) is 14.7 Å². The summed E-state index contributed by atoms with van der Waals surface area (Å²) in [7, 11) is 0. The van der Waals surface area contributed by atoms with E-state index < -0.39 is 24.5 Å². The number of fused-ring (bicyclic) bond motifs is 1. The normalized spacial score (nSPS) is 26.6. The largest absolute Gasteiger partial charge is 1.00 e. The monoisotopic (exact) mass is 369 g/mol. The Balaban J connectivity index is 0.00000208. The van der Waals surface area contributed by atoms with Crippen LogP contribution in [0, 0.1) is 0 Å². The van der Waals surface area contributed by atoms with E-state index in [-0.39, 0.29) is 54.3 Å². The number of ether oxygens (including phenoxy) is 1. The first-order chi connectivity index (χ1) is 11.1. The van der Waals surface area contributed by atoms with Crippen LogP contribution >= 0.6 is 12.3 Å². The molecule has 0 unspecified atom stereocenters. The summed E-state index contributed by atoms with van der Waals surface area (Å²) in [6.07, 6.45) is -1.66. The van der Waals surface area contributed by atoms with Crippen LogP contribution in [0.3, 0.4) is 0 Å². The Kier molecular flexibility index (Phi) is 7.14. The standard InChI is InChI=1S/C10H13N5O7S.Na/c11-8-5-9(13-2-12-8)15(3-14-5)10-7(17)6(16)4(20-10)1-19-23-22-21-18;/h2-4,6-7,10,16-18H,1H2,(H2,11,12,13);/q;+1/p-1/t4-,6-,7-,10-;/m1./s1. The van der Waals surface area contributed by atoms with E-state index in [0.29, 0.717) is 11.2 Å². The molecule has 3 heterocycles. The Labute approximate surface area is 161 Å². The summed E-state index contributed by atoms with van der Waals surface area (Å²) in [6, 6.07) is 0. The van der Waals surface area contributed by atoms with Crippen molar-refractivity contribution in [2.24, 2.45) is 0 Å². The summed E-state index contributed by atoms with van der Waals surface area (Å²) in [6.45, 7) is -0.160. The molecule has 0 radical (unpaired) electrons. The predicted molar refractivity (Wildman–Crippen MR) is 71.4 cm³/mol. The zero-order valence-electron chi connectivity index (χ0n) is 12.4. The SMILES string of the molecule is Nc1ncnc2c1ncn2[C@@H]1O[C@H](COSOO[O-])[C@@H](O)[C@H]1O.[Na+]. The van der Waals surface area contributed by atoms with E-state index in [1.54, 1.807) is 0 Å². The van der Waals surface area contributed by atoms with Gasteiger partial charge in [0.1, 0.15) is 30.2 Å². The van der Waals surface area contributed by atoms with E-state index in [0.717, 1.165) is 0 Å². The van der Waals surface area contributed by atoms with Gasteiger partial charge >= 0.3 is 29.6 Å². The van der Waals surface area contributed by atoms with Crippen molar-refractivity contribution in [1.82, 2.24) is 19.5 Å². The maximum Gasteiger partial charge on any atom is 1.00 e. The minimum Gasteiger partial charge on any atom is -0.691 e. The smallest absolute Gasteiger partial charge is 0.691 e. The number of nitrogen functional groups attached to an aromatic ring is 1. The zero-order chi connectivity index (χ0) is 16.4. The molecule has 0 bridgehead atoms. The third kappa shape index (κ3) is 3.81. The van der Waals surface area contributed by atoms with Crippen molar-refractivity contribution >= 4 is 29.3 Å². The average Bonchev–Trinajstić information content (AvgIpc) is 3.09. The van der Waals surface area contributed by atoms with Gasteiger partial charge in [-0.25, -0.2) is 15.0 Å². The average molecular weight is 369 g/mol. The molecular formula is C10H12N5NaO7S. The Morgan fingerprint density at radius 3 is 2.88 bits per heavy atom. The number of anilines is 1. The van der Waals surface area contributed by atoms with Gasteiger partial charge < -0.3 is 25.9 Å². The molecule has 2 aromatic rings. The summed E-state index contributed by atoms with van der Waals surface area (Å²) in [5.41, 5.74) is 6.41. The van der Waals surface area contributed by atoms with Crippen molar-refractivity contribution in [3.8, 4) is 0 Å². The summed E-state index contributed by atoms with van der Waals surface area (Å²) >= 11 is 0.283. The van der Waals surface area contributed by atoms with Crippen LogP contribution in [0.15, 0.2) is 12.7 Å². The van der Waals surface area contributed by atoms with Crippen molar-refractivity contribution in [2.75, 3.05) is 12.3 Å². The molecule has 4 atom stereocenters. The topological polar surface area (TPSA) is 170 Å². The number of imidazole rings is 1. The molecule has 0 saturated carbocycles. The van der Waals surface area contributed by atoms with E-state index in [1.807, 2.05) is 0 Å². The molecule has 1 aliphatic rings. The van der Waals surface area contributed by atoms with Gasteiger partial charge in [0.25, 0.3) is 0 Å². The van der Waals surface area contributed by atoms with Crippen molar-refractivity contribution in [2.45, 2.75) is 24.5 Å². The van der Waals surface area contributed by atoms with Gasteiger partial charge in [0, 0.05) is 0 Å². The minimum absolute atomic E-state index is 0. The molecule has 12 nitrogen and oxygen atoms in total. The molecule has 24 heavy (non-hydrogen) atoms. The van der Waals surface area contributed by atoms with Crippen molar-refractivity contribution in [3.63, 3.8) is 0 Å². The molecule has 14 heteroatoms. The number of hydrogen-bond donors (Lipinski definition) is 3. The van der Waals surface area contributed by atoms with E-state index in [1.165, 1.54) is 17.2 Å². The first-order valence-corrected chi connectivity index (χ1v) is 6.99. The van der Waals surface area contributed by atoms with Gasteiger partial charge in [-0.15, -0.1) is 4.33 Å². The Morgan fingerprint density at radius 1 is 1.33 bits per heavy atom. The van der Waals surface area contributed by atoms with Gasteiger partial charge in [0.15, 0.2) is 30.0 Å². The second kappa shape index (κ2) is 8.68. The number of aliphatic hydroxyl groups excluding tert-OH is 2. The number of hydrogen-bond acceptors (Lipinski definition) is 12. The number of nitrogens with zero attached hydrogens (tertiary/aromatic N) is 4. The second-order valence-corrected chi connectivity index (χ2v) is 5.13. The van der Waals surface area contributed by atoms with Crippen molar-refractivity contribution in [1.29, 1.82) is 0 Å². The first-order valence-electron chi connectivity index (χ1n) is 6.33. The van der Waals surface area contributed by atoms with Crippen LogP contribution in [0.4, 0.5) is 5.82 Å². The van der Waals surface area contributed by atoms with E-state index in [2.05, 4.69) is 24.3 Å². The molecule has 0 aromatic carbocycles. The molecule has 4 N–H and O–H groups in total. The third-order valence-electron chi connectivity index (χ3n) is 3.33. The molecule has 0 aliphatic carbocycles. The molecule has 1 saturated heterocycles. The van der Waals surface area contributed by atoms with E-state index in [9.17, 15) is 15.5 Å². The third-order valence-corrected chi connectivity index (χ3v) is 3.68. The fraction of sp³-hybridized carbons (Fsp3) is 0.500. The molecular weight excluding hydrogens is 357 g/mol. The van der Waals surface area contributed by atoms with E-state index >= 15 is 0 Å². The summed E-state index contributed by atoms with van der Waals surface area (Å²) in [5, 5.41) is 32.9. The Bertz CT molecular complexity index is 678. The number of aromatic nitrogens is 4. The molecule has 1 aliphatic heterocycles. The Morgan fingerprint density at radius 2 is 2.12 bits per heavy atom. The molecule has 126 valence electrons. The number of rotatable bonds is 6. The van der Waals surface area contributed by atoms with Gasteiger partial charge in [0.2, 0.25) is 0 Å². The van der Waals surface area contributed by atoms with Gasteiger partial charge in [-0.2, -0.15) is 0 Å². The molecule has 3 rings (SSSR count). The van der Waals surface area contributed by atoms with Gasteiger partial charge in [0.05, 0.1) is 12.9 Å². The van der Waals surface area contributed by atoms with Gasteiger partial charge in [-0.05, 0) is 0 Å². The molecule has 0 spiro atoms. The van der Waals surface area contributed by atoms with Crippen LogP contribution in [0.1, 0.15) is 6.23 Å². The van der Waals surface area contributed by atoms with Crippen LogP contribution in [0.5, 0.6) is 0 Å². The van der Waals surface area contributed by atoms with Crippen LogP contribution in [0.2, 0.25) is 0 Å². The fourth-order valence-corrected chi connectivity index (χ4v) is 2.53. The van der Waals surface area contributed by atoms with Gasteiger partial charge in [-0.1, -0.05) is 0 Å². The van der Waals surface area contributed by atoms with Gasteiger partial charge in [-0.3, -0.25) is 13.8 Å². The van der Waals surface area contributed by atoms with Crippen LogP contribution < -0.4 is 40.5 Å². The minimum atomic E-state index is -1.25. The summed E-state index contributed by atoms with van der Waals surface area (Å²) < 4.78 is 15.8. The molecule has 2 aromatic heterocycles. The van der Waals surface area contributed by atoms with Crippen molar-refractivity contribution in [3.05, 3.63) is 12.7 Å². The zero-order valence-corrected chi connectivity index (χ0v) is 15.2. The first kappa shape index (κ1) is 19.7.